The first-order valence-corrected chi connectivity index (χ1v) is 11.6. The van der Waals surface area contributed by atoms with Crippen molar-refractivity contribution in [3.8, 4) is 5.75 Å². The molecule has 1 aliphatic rings. The summed E-state index contributed by atoms with van der Waals surface area (Å²) in [4.78, 5) is 25.2. The van der Waals surface area contributed by atoms with Crippen LogP contribution in [0.25, 0.3) is 0 Å². The van der Waals surface area contributed by atoms with Crippen LogP contribution < -0.4 is 10.1 Å². The van der Waals surface area contributed by atoms with Gasteiger partial charge in [0.05, 0.1) is 41.8 Å². The van der Waals surface area contributed by atoms with Gasteiger partial charge >= 0.3 is 12.1 Å². The average molecular weight is 498 g/mol. The molecule has 192 valence electrons. The zero-order chi connectivity index (χ0) is 25.4. The zero-order valence-electron chi connectivity index (χ0n) is 19.9. The first kappa shape index (κ1) is 26.5. The number of rotatable bonds is 7. The molecule has 8 nitrogen and oxygen atoms in total. The molecule has 0 spiro atoms. The summed E-state index contributed by atoms with van der Waals surface area (Å²) in [6, 6.07) is 2.96. The summed E-state index contributed by atoms with van der Waals surface area (Å²) in [5.74, 6) is -1.13. The highest BCUT2D eigenvalue weighted by Crippen LogP contribution is 2.34. The maximum atomic E-state index is 13.3. The predicted octanol–water partition coefficient (Wildman–Crippen LogP) is 3.80. The topological polar surface area (TPSA) is 91.7 Å². The number of carbonyl (C=O) groups excluding carboxylic acids is 2. The third-order valence-corrected chi connectivity index (χ3v) is 5.64. The van der Waals surface area contributed by atoms with Gasteiger partial charge in [0.25, 0.3) is 5.91 Å². The Labute approximate surface area is 201 Å². The van der Waals surface area contributed by atoms with Crippen molar-refractivity contribution in [2.45, 2.75) is 51.7 Å². The number of esters is 1. The van der Waals surface area contributed by atoms with Crippen molar-refractivity contribution in [2.75, 3.05) is 33.5 Å². The minimum Gasteiger partial charge on any atom is -0.497 e. The molecule has 0 saturated carbocycles. The van der Waals surface area contributed by atoms with E-state index in [0.29, 0.717) is 56.8 Å². The molecular formula is C24H30F3N3O5. The van der Waals surface area contributed by atoms with Crippen LogP contribution in [0, 0.1) is 0 Å². The minimum absolute atomic E-state index is 0.112. The van der Waals surface area contributed by atoms with E-state index >= 15 is 0 Å². The number of benzene rings is 1. The van der Waals surface area contributed by atoms with Crippen LogP contribution in [0.1, 0.15) is 63.9 Å². The Kier molecular flexibility index (Phi) is 9.13. The number of amides is 1. The van der Waals surface area contributed by atoms with E-state index in [1.807, 2.05) is 6.92 Å². The van der Waals surface area contributed by atoms with Crippen LogP contribution >= 0.6 is 0 Å². The second-order valence-corrected chi connectivity index (χ2v) is 8.07. The van der Waals surface area contributed by atoms with Crippen LogP contribution in [-0.2, 0) is 35.0 Å². The summed E-state index contributed by atoms with van der Waals surface area (Å²) in [6.45, 7) is 3.81. The van der Waals surface area contributed by atoms with E-state index in [9.17, 15) is 22.8 Å². The predicted molar refractivity (Wildman–Crippen MR) is 121 cm³/mol. The second-order valence-electron chi connectivity index (χ2n) is 8.07. The molecule has 1 aliphatic heterocycles. The lowest BCUT2D eigenvalue weighted by Gasteiger charge is -2.14. The van der Waals surface area contributed by atoms with Crippen LogP contribution in [-0.4, -0.2) is 55.1 Å². The number of methoxy groups -OCH3 is 1. The van der Waals surface area contributed by atoms with Gasteiger partial charge in [0.15, 0.2) is 0 Å². The molecule has 0 unspecified atom stereocenters. The number of hydrogen-bond donors (Lipinski definition) is 1. The summed E-state index contributed by atoms with van der Waals surface area (Å²) in [6.07, 6.45) is -1.78. The number of halogens is 3. The number of fused-ring (bicyclic) bond motifs is 1. The number of nitrogens with zero attached hydrogens (tertiary/aromatic N) is 2. The van der Waals surface area contributed by atoms with Gasteiger partial charge in [-0.15, -0.1) is 0 Å². The fourth-order valence-corrected chi connectivity index (χ4v) is 3.93. The second kappa shape index (κ2) is 12.1. The summed E-state index contributed by atoms with van der Waals surface area (Å²) in [5, 5.41) is 7.49. The fraction of sp³-hybridized carbons (Fsp3) is 0.542. The lowest BCUT2D eigenvalue weighted by atomic mass is 10.1. The van der Waals surface area contributed by atoms with Gasteiger partial charge in [-0.2, -0.15) is 18.3 Å². The molecule has 0 fully saturated rings. The quantitative estimate of drug-likeness (QED) is 0.462. The SMILES string of the molecule is CCc1nn(CCCOC(=O)c2cc(OC)ccc2C(F)(F)F)c2c1C(=O)NCCCOCCC2. The third-order valence-electron chi connectivity index (χ3n) is 5.64. The number of carbonyl (C=O) groups is 2. The van der Waals surface area contributed by atoms with Crippen LogP contribution in [0.4, 0.5) is 13.2 Å². The number of hydrogen-bond acceptors (Lipinski definition) is 6. The maximum Gasteiger partial charge on any atom is 0.417 e. The lowest BCUT2D eigenvalue weighted by molar-refractivity contribution is -0.138. The molecule has 0 radical (unpaired) electrons. The Bertz CT molecular complexity index is 1040. The van der Waals surface area contributed by atoms with E-state index < -0.39 is 23.3 Å². The van der Waals surface area contributed by atoms with Crippen molar-refractivity contribution in [1.82, 2.24) is 15.1 Å². The Hall–Kier alpha value is -3.08. The van der Waals surface area contributed by atoms with Crippen LogP contribution in [0.3, 0.4) is 0 Å². The van der Waals surface area contributed by atoms with Crippen molar-refractivity contribution >= 4 is 11.9 Å². The summed E-state index contributed by atoms with van der Waals surface area (Å²) in [5.41, 5.74) is 0.344. The monoisotopic (exact) mass is 497 g/mol. The van der Waals surface area contributed by atoms with Crippen molar-refractivity contribution in [3.05, 3.63) is 46.3 Å². The standard InChI is InChI=1S/C24H30F3N3O5/c1-3-19-21-20(7-4-12-34-13-5-10-28-22(21)31)30(29-19)11-6-14-35-23(32)17-15-16(33-2)8-9-18(17)24(25,26)27/h8-9,15H,3-7,10-14H2,1-2H3,(H,28,31). The Morgan fingerprint density at radius 3 is 2.74 bits per heavy atom. The van der Waals surface area contributed by atoms with Crippen molar-refractivity contribution in [1.29, 1.82) is 0 Å². The van der Waals surface area contributed by atoms with Crippen molar-refractivity contribution in [2.24, 2.45) is 0 Å². The molecule has 1 amide bonds. The highest BCUT2D eigenvalue weighted by atomic mass is 19.4. The first-order valence-electron chi connectivity index (χ1n) is 11.6. The van der Waals surface area contributed by atoms with Gasteiger partial charge in [0, 0.05) is 32.7 Å². The molecule has 0 atom stereocenters. The number of alkyl halides is 3. The molecule has 1 aromatic heterocycles. The molecule has 11 heteroatoms. The van der Waals surface area contributed by atoms with Gasteiger partial charge in [-0.05, 0) is 43.9 Å². The van der Waals surface area contributed by atoms with Gasteiger partial charge in [0.1, 0.15) is 5.75 Å². The summed E-state index contributed by atoms with van der Waals surface area (Å²) in [7, 11) is 1.30. The molecule has 2 aromatic rings. The molecule has 3 rings (SSSR count). The third kappa shape index (κ3) is 6.74. The normalized spacial score (nSPS) is 15.1. The van der Waals surface area contributed by atoms with Crippen molar-refractivity contribution < 1.29 is 37.0 Å². The molecule has 1 aromatic carbocycles. The van der Waals surface area contributed by atoms with E-state index in [0.717, 1.165) is 36.7 Å². The molecule has 1 N–H and O–H groups in total. The molecule has 2 heterocycles. The Morgan fingerprint density at radius 2 is 2.03 bits per heavy atom. The van der Waals surface area contributed by atoms with Gasteiger partial charge in [-0.25, -0.2) is 4.79 Å². The molecule has 0 bridgehead atoms. The van der Waals surface area contributed by atoms with Crippen LogP contribution in [0.2, 0.25) is 0 Å². The molecule has 0 saturated heterocycles. The zero-order valence-corrected chi connectivity index (χ0v) is 19.9. The van der Waals surface area contributed by atoms with Crippen LogP contribution in [0.15, 0.2) is 18.2 Å². The van der Waals surface area contributed by atoms with Gasteiger partial charge in [-0.1, -0.05) is 6.92 Å². The molecule has 35 heavy (non-hydrogen) atoms. The lowest BCUT2D eigenvalue weighted by Crippen LogP contribution is -2.26. The van der Waals surface area contributed by atoms with Gasteiger partial charge in [0.2, 0.25) is 0 Å². The van der Waals surface area contributed by atoms with Crippen LogP contribution in [0.5, 0.6) is 5.75 Å². The largest absolute Gasteiger partial charge is 0.497 e. The number of nitrogens with one attached hydrogen (secondary N) is 1. The van der Waals surface area contributed by atoms with Gasteiger partial charge in [-0.3, -0.25) is 9.48 Å². The first-order chi connectivity index (χ1) is 16.8. The van der Waals surface area contributed by atoms with E-state index in [1.54, 1.807) is 4.68 Å². The Morgan fingerprint density at radius 1 is 1.26 bits per heavy atom. The fourth-order valence-electron chi connectivity index (χ4n) is 3.93. The van der Waals surface area contributed by atoms with Gasteiger partial charge < -0.3 is 19.5 Å². The van der Waals surface area contributed by atoms with Crippen molar-refractivity contribution in [3.63, 3.8) is 0 Å². The minimum atomic E-state index is -4.71. The summed E-state index contributed by atoms with van der Waals surface area (Å²) >= 11 is 0. The molecular weight excluding hydrogens is 467 g/mol. The Balaban J connectivity index is 1.70. The highest BCUT2D eigenvalue weighted by molar-refractivity contribution is 5.96. The number of aromatic nitrogens is 2. The number of aryl methyl sites for hydroxylation is 2. The summed E-state index contributed by atoms with van der Waals surface area (Å²) < 4.78 is 57.4. The van der Waals surface area contributed by atoms with E-state index in [-0.39, 0.29) is 18.3 Å². The average Bonchev–Trinajstić information content (AvgIpc) is 3.17. The highest BCUT2D eigenvalue weighted by Gasteiger charge is 2.36. The van der Waals surface area contributed by atoms with E-state index in [1.165, 1.54) is 7.11 Å². The maximum absolute atomic E-state index is 13.3. The number of ether oxygens (including phenoxy) is 3. The smallest absolute Gasteiger partial charge is 0.417 e. The van der Waals surface area contributed by atoms with E-state index in [2.05, 4.69) is 10.4 Å². The van der Waals surface area contributed by atoms with E-state index in [4.69, 9.17) is 14.2 Å². The molecule has 0 aliphatic carbocycles.